The number of amides is 1. The maximum Gasteiger partial charge on any atom is 0.416 e. The number of fused-ring (bicyclic) bond motifs is 1. The number of carboxylic acid groups (broad SMARTS) is 1. The van der Waals surface area contributed by atoms with Gasteiger partial charge in [0.15, 0.2) is 0 Å². The average Bonchev–Trinajstić information content (AvgIpc) is 3.32. The molecular formula is C30H29ClF3N3O3. The van der Waals surface area contributed by atoms with E-state index in [2.05, 4.69) is 19.2 Å². The quantitative estimate of drug-likeness (QED) is 0.217. The summed E-state index contributed by atoms with van der Waals surface area (Å²) < 4.78 is 41.3. The van der Waals surface area contributed by atoms with Gasteiger partial charge in [0.25, 0.3) is 5.91 Å². The number of carbonyl (C=O) groups is 2. The number of halogens is 4. The molecule has 4 aromatic rings. The Balaban J connectivity index is 1.66. The third-order valence-corrected chi connectivity index (χ3v) is 7.09. The largest absolute Gasteiger partial charge is 0.481 e. The Hall–Kier alpha value is -3.85. The van der Waals surface area contributed by atoms with Gasteiger partial charge in [-0.2, -0.15) is 18.3 Å². The number of rotatable bonds is 9. The van der Waals surface area contributed by atoms with Crippen LogP contribution in [0.2, 0.25) is 5.02 Å². The number of carboxylic acids is 1. The predicted molar refractivity (Wildman–Crippen MR) is 149 cm³/mol. The number of nitrogens with one attached hydrogen (secondary N) is 1. The van der Waals surface area contributed by atoms with E-state index in [1.165, 1.54) is 6.07 Å². The maximum atomic E-state index is 13.2. The minimum absolute atomic E-state index is 0.0422. The van der Waals surface area contributed by atoms with E-state index in [1.54, 1.807) is 31.2 Å². The van der Waals surface area contributed by atoms with Crippen LogP contribution in [0.5, 0.6) is 0 Å². The van der Waals surface area contributed by atoms with E-state index in [0.29, 0.717) is 44.1 Å². The van der Waals surface area contributed by atoms with Gasteiger partial charge >= 0.3 is 12.1 Å². The van der Waals surface area contributed by atoms with Crippen molar-refractivity contribution in [3.8, 4) is 11.1 Å². The molecule has 0 saturated heterocycles. The summed E-state index contributed by atoms with van der Waals surface area (Å²) in [5.41, 5.74) is 3.00. The summed E-state index contributed by atoms with van der Waals surface area (Å²) >= 11 is 6.81. The number of aromatic nitrogens is 2. The van der Waals surface area contributed by atoms with E-state index < -0.39 is 17.7 Å². The Morgan fingerprint density at radius 1 is 1.05 bits per heavy atom. The van der Waals surface area contributed by atoms with Crippen LogP contribution in [0.1, 0.15) is 59.8 Å². The van der Waals surface area contributed by atoms with Crippen molar-refractivity contribution in [2.75, 3.05) is 6.54 Å². The lowest BCUT2D eigenvalue weighted by molar-refractivity contribution is -0.138. The van der Waals surface area contributed by atoms with Crippen molar-refractivity contribution < 1.29 is 27.9 Å². The van der Waals surface area contributed by atoms with Gasteiger partial charge in [-0.1, -0.05) is 49.7 Å². The van der Waals surface area contributed by atoms with Crippen LogP contribution in [0, 0.1) is 12.8 Å². The van der Waals surface area contributed by atoms with E-state index >= 15 is 0 Å². The number of hydrogen-bond acceptors (Lipinski definition) is 3. The van der Waals surface area contributed by atoms with Crippen LogP contribution < -0.4 is 5.32 Å². The van der Waals surface area contributed by atoms with Gasteiger partial charge in [-0.3, -0.25) is 14.3 Å². The molecule has 0 aliphatic heterocycles. The highest BCUT2D eigenvalue weighted by molar-refractivity contribution is 6.38. The fourth-order valence-corrected chi connectivity index (χ4v) is 4.98. The first-order valence-corrected chi connectivity index (χ1v) is 13.2. The lowest BCUT2D eigenvalue weighted by atomic mass is 9.96. The molecular weight excluding hydrogens is 543 g/mol. The standard InChI is InChI=1S/C30H29ClF3N3O3/c1-17(2)14-26(19-4-6-20(7-5-19)29(40)35-13-12-27(38)39)37-16-24-25(36-37)11-10-23(28(24)31)22-9-8-21(15-18(22)3)30(32,33)34/h4-11,15-17,26H,12-14H2,1-3H3,(H,35,40)(H,38,39). The first-order valence-electron chi connectivity index (χ1n) is 12.8. The van der Waals surface area contributed by atoms with E-state index in [-0.39, 0.29) is 24.9 Å². The molecule has 4 rings (SSSR count). The molecule has 2 N–H and O–H groups in total. The molecule has 1 heterocycles. The van der Waals surface area contributed by atoms with Gasteiger partial charge < -0.3 is 10.4 Å². The van der Waals surface area contributed by atoms with Crippen molar-refractivity contribution in [3.05, 3.63) is 88.1 Å². The molecule has 0 bridgehead atoms. The molecule has 3 aromatic carbocycles. The number of carbonyl (C=O) groups excluding carboxylic acids is 1. The number of aliphatic carboxylic acids is 1. The van der Waals surface area contributed by atoms with Crippen molar-refractivity contribution in [2.45, 2.75) is 45.8 Å². The highest BCUT2D eigenvalue weighted by atomic mass is 35.5. The zero-order valence-corrected chi connectivity index (χ0v) is 23.0. The summed E-state index contributed by atoms with van der Waals surface area (Å²) in [5.74, 6) is -1.02. The zero-order chi connectivity index (χ0) is 29.2. The van der Waals surface area contributed by atoms with Gasteiger partial charge in [0, 0.05) is 29.3 Å². The minimum Gasteiger partial charge on any atom is -0.481 e. The topological polar surface area (TPSA) is 84.2 Å². The molecule has 1 atom stereocenters. The van der Waals surface area contributed by atoms with Crippen molar-refractivity contribution in [3.63, 3.8) is 0 Å². The van der Waals surface area contributed by atoms with Crippen molar-refractivity contribution in [1.82, 2.24) is 15.1 Å². The summed E-state index contributed by atoms with van der Waals surface area (Å²) in [5, 5.41) is 17.2. The Bertz CT molecular complexity index is 1550. The molecule has 1 aromatic heterocycles. The molecule has 0 aliphatic rings. The summed E-state index contributed by atoms with van der Waals surface area (Å²) in [6, 6.07) is 14.1. The van der Waals surface area contributed by atoms with Gasteiger partial charge in [0.2, 0.25) is 0 Å². The van der Waals surface area contributed by atoms with Gasteiger partial charge in [-0.25, -0.2) is 0 Å². The van der Waals surface area contributed by atoms with Crippen LogP contribution in [-0.4, -0.2) is 33.3 Å². The van der Waals surface area contributed by atoms with Crippen LogP contribution in [-0.2, 0) is 11.0 Å². The highest BCUT2D eigenvalue weighted by Gasteiger charge is 2.31. The smallest absolute Gasteiger partial charge is 0.416 e. The minimum atomic E-state index is -4.42. The molecule has 0 saturated carbocycles. The van der Waals surface area contributed by atoms with E-state index in [9.17, 15) is 22.8 Å². The fraction of sp³-hybridized carbons (Fsp3) is 0.300. The third-order valence-electron chi connectivity index (χ3n) is 6.68. The first-order chi connectivity index (χ1) is 18.8. The number of aryl methyl sites for hydroxylation is 1. The number of alkyl halides is 3. The van der Waals surface area contributed by atoms with Gasteiger partial charge in [0.1, 0.15) is 0 Å². The van der Waals surface area contributed by atoms with E-state index in [0.717, 1.165) is 24.1 Å². The van der Waals surface area contributed by atoms with Gasteiger partial charge in [-0.05, 0) is 66.3 Å². The normalized spacial score (nSPS) is 12.6. The number of nitrogens with zero attached hydrogens (tertiary/aromatic N) is 2. The second kappa shape index (κ2) is 11.7. The molecule has 0 radical (unpaired) electrons. The predicted octanol–water partition coefficient (Wildman–Crippen LogP) is 7.52. The van der Waals surface area contributed by atoms with Gasteiger partial charge in [0.05, 0.1) is 28.6 Å². The molecule has 0 spiro atoms. The van der Waals surface area contributed by atoms with Crippen LogP contribution in [0.15, 0.2) is 60.8 Å². The molecule has 40 heavy (non-hydrogen) atoms. The van der Waals surface area contributed by atoms with Gasteiger partial charge in [-0.15, -0.1) is 0 Å². The second-order valence-electron chi connectivity index (χ2n) is 10.2. The summed E-state index contributed by atoms with van der Waals surface area (Å²) in [6.45, 7) is 5.86. The monoisotopic (exact) mass is 571 g/mol. The van der Waals surface area contributed by atoms with Crippen LogP contribution >= 0.6 is 11.6 Å². The molecule has 1 unspecified atom stereocenters. The molecule has 10 heteroatoms. The number of benzene rings is 3. The summed E-state index contributed by atoms with van der Waals surface area (Å²) in [7, 11) is 0. The molecule has 210 valence electrons. The van der Waals surface area contributed by atoms with Crippen LogP contribution in [0.25, 0.3) is 22.0 Å². The van der Waals surface area contributed by atoms with Crippen LogP contribution in [0.4, 0.5) is 13.2 Å². The fourth-order valence-electron chi connectivity index (χ4n) is 4.67. The SMILES string of the molecule is Cc1cc(C(F)(F)F)ccc1-c1ccc2nn(C(CC(C)C)c3ccc(C(=O)NCCC(=O)O)cc3)cc2c1Cl. The molecule has 6 nitrogen and oxygen atoms in total. The van der Waals surface area contributed by atoms with Crippen molar-refractivity contribution in [1.29, 1.82) is 0 Å². The number of hydrogen-bond donors (Lipinski definition) is 2. The average molecular weight is 572 g/mol. The third kappa shape index (κ3) is 6.47. The Labute approximate surface area is 234 Å². The highest BCUT2D eigenvalue weighted by Crippen LogP contribution is 2.39. The summed E-state index contributed by atoms with van der Waals surface area (Å²) in [4.78, 5) is 23.0. The molecule has 0 fully saturated rings. The maximum absolute atomic E-state index is 13.2. The second-order valence-corrected chi connectivity index (χ2v) is 10.5. The van der Waals surface area contributed by atoms with Crippen molar-refractivity contribution >= 4 is 34.4 Å². The molecule has 0 aliphatic carbocycles. The Morgan fingerprint density at radius 2 is 1.73 bits per heavy atom. The van der Waals surface area contributed by atoms with Crippen LogP contribution in [0.3, 0.4) is 0 Å². The lowest BCUT2D eigenvalue weighted by Gasteiger charge is -2.20. The van der Waals surface area contributed by atoms with E-state index in [4.69, 9.17) is 21.8 Å². The summed E-state index contributed by atoms with van der Waals surface area (Å²) in [6.07, 6.45) is -1.98. The Morgan fingerprint density at radius 3 is 2.33 bits per heavy atom. The van der Waals surface area contributed by atoms with E-state index in [1.807, 2.05) is 23.0 Å². The molecule has 1 amide bonds. The first kappa shape index (κ1) is 29.1. The zero-order valence-electron chi connectivity index (χ0n) is 22.2. The van der Waals surface area contributed by atoms with Crippen molar-refractivity contribution in [2.24, 2.45) is 5.92 Å². The lowest BCUT2D eigenvalue weighted by Crippen LogP contribution is -2.26. The Kier molecular flexibility index (Phi) is 8.54.